The second kappa shape index (κ2) is 5.05. The van der Waals surface area contributed by atoms with Gasteiger partial charge in [-0.3, -0.25) is 4.79 Å². The number of hydrazone groups is 1. The van der Waals surface area contributed by atoms with Gasteiger partial charge in [-0.25, -0.2) is 4.98 Å². The molecule has 2 aromatic rings. The van der Waals surface area contributed by atoms with Crippen molar-refractivity contribution in [2.24, 2.45) is 16.8 Å². The average Bonchev–Trinajstić information content (AvgIpc) is 2.98. The van der Waals surface area contributed by atoms with Crippen molar-refractivity contribution in [1.29, 1.82) is 0 Å². The third-order valence-electron chi connectivity index (χ3n) is 3.54. The van der Waals surface area contributed by atoms with Crippen LogP contribution in [0.2, 0.25) is 0 Å². The largest absolute Gasteiger partial charge is 0.330 e. The molecule has 1 unspecified atom stereocenters. The van der Waals surface area contributed by atoms with Gasteiger partial charge in [0.05, 0.1) is 17.0 Å². The summed E-state index contributed by atoms with van der Waals surface area (Å²) in [6, 6.07) is 7.67. The van der Waals surface area contributed by atoms with Gasteiger partial charge in [-0.05, 0) is 38.4 Å². The number of benzene rings is 1. The van der Waals surface area contributed by atoms with Crippen molar-refractivity contribution in [2.75, 3.05) is 11.6 Å². The van der Waals surface area contributed by atoms with Crippen LogP contribution in [0.5, 0.6) is 0 Å². The summed E-state index contributed by atoms with van der Waals surface area (Å²) in [6.45, 7) is 2.46. The number of nitrogens with one attached hydrogen (secondary N) is 1. The lowest BCUT2D eigenvalue weighted by Gasteiger charge is -2.10. The lowest BCUT2D eigenvalue weighted by molar-refractivity contribution is -0.120. The van der Waals surface area contributed by atoms with Gasteiger partial charge in [0, 0.05) is 5.71 Å². The van der Waals surface area contributed by atoms with Gasteiger partial charge in [-0.2, -0.15) is 10.1 Å². The van der Waals surface area contributed by atoms with Crippen molar-refractivity contribution in [3.05, 3.63) is 24.3 Å². The normalized spacial score (nSPS) is 18.9. The fourth-order valence-electron chi connectivity index (χ4n) is 2.45. The quantitative estimate of drug-likeness (QED) is 0.886. The van der Waals surface area contributed by atoms with E-state index in [2.05, 4.69) is 15.1 Å². The summed E-state index contributed by atoms with van der Waals surface area (Å²) in [4.78, 5) is 19.9. The zero-order valence-corrected chi connectivity index (χ0v) is 11.3. The molecule has 0 saturated heterocycles. The van der Waals surface area contributed by atoms with E-state index in [-0.39, 0.29) is 11.8 Å². The number of nitrogens with two attached hydrogens (primary N) is 1. The third-order valence-corrected chi connectivity index (χ3v) is 3.54. The van der Waals surface area contributed by atoms with E-state index in [9.17, 15) is 4.79 Å². The molecule has 3 N–H and O–H groups in total. The van der Waals surface area contributed by atoms with Gasteiger partial charge in [0.1, 0.15) is 0 Å². The number of anilines is 1. The molecule has 0 radical (unpaired) electrons. The number of imidazole rings is 1. The second-order valence-electron chi connectivity index (χ2n) is 4.95. The molecule has 6 heteroatoms. The Balaban J connectivity index is 1.89. The number of aromatic nitrogens is 2. The summed E-state index contributed by atoms with van der Waals surface area (Å²) >= 11 is 0. The number of hydrogen-bond acceptors (Lipinski definition) is 4. The molecule has 1 aromatic carbocycles. The molecule has 1 aliphatic heterocycles. The number of para-hydroxylation sites is 2. The van der Waals surface area contributed by atoms with Gasteiger partial charge in [-0.1, -0.05) is 12.1 Å². The summed E-state index contributed by atoms with van der Waals surface area (Å²) in [5.74, 6) is 0.271. The second-order valence-corrected chi connectivity index (χ2v) is 4.95. The number of hydrogen-bond donors (Lipinski definition) is 2. The van der Waals surface area contributed by atoms with E-state index in [1.54, 1.807) is 0 Å². The molecule has 20 heavy (non-hydrogen) atoms. The van der Waals surface area contributed by atoms with E-state index in [1.165, 1.54) is 5.01 Å². The van der Waals surface area contributed by atoms with Crippen LogP contribution >= 0.6 is 0 Å². The maximum Gasteiger partial charge on any atom is 0.258 e. The maximum atomic E-state index is 12.4. The van der Waals surface area contributed by atoms with Crippen LogP contribution in [-0.4, -0.2) is 28.1 Å². The topological polar surface area (TPSA) is 87.4 Å². The van der Waals surface area contributed by atoms with E-state index in [0.29, 0.717) is 12.5 Å². The first-order valence-electron chi connectivity index (χ1n) is 6.74. The highest BCUT2D eigenvalue weighted by molar-refractivity contribution is 6.14. The Bertz CT molecular complexity index is 642. The van der Waals surface area contributed by atoms with Crippen LogP contribution < -0.4 is 10.7 Å². The minimum atomic E-state index is -0.174. The summed E-state index contributed by atoms with van der Waals surface area (Å²) in [6.07, 6.45) is 1.55. The Kier molecular flexibility index (Phi) is 3.23. The monoisotopic (exact) mass is 271 g/mol. The molecule has 0 aliphatic carbocycles. The van der Waals surface area contributed by atoms with Crippen molar-refractivity contribution in [2.45, 2.75) is 19.8 Å². The maximum absolute atomic E-state index is 12.4. The lowest BCUT2D eigenvalue weighted by Crippen LogP contribution is -2.28. The Morgan fingerprint density at radius 1 is 1.40 bits per heavy atom. The van der Waals surface area contributed by atoms with Gasteiger partial charge in [0.2, 0.25) is 5.95 Å². The number of carbonyl (C=O) groups is 1. The molecular weight excluding hydrogens is 254 g/mol. The van der Waals surface area contributed by atoms with Crippen LogP contribution in [-0.2, 0) is 4.79 Å². The highest BCUT2D eigenvalue weighted by atomic mass is 16.2. The smallest absolute Gasteiger partial charge is 0.258 e. The molecule has 0 saturated carbocycles. The molecule has 1 aromatic heterocycles. The van der Waals surface area contributed by atoms with Crippen LogP contribution in [0.25, 0.3) is 11.0 Å². The minimum Gasteiger partial charge on any atom is -0.330 e. The van der Waals surface area contributed by atoms with Gasteiger partial charge >= 0.3 is 0 Å². The molecule has 0 bridgehead atoms. The van der Waals surface area contributed by atoms with Crippen molar-refractivity contribution in [3.8, 4) is 0 Å². The van der Waals surface area contributed by atoms with Crippen molar-refractivity contribution in [1.82, 2.24) is 9.97 Å². The number of aromatic amines is 1. The molecule has 1 aliphatic rings. The standard InChI is InChI=1S/C14H17N5O/c1-9-10(5-4-8-15)13(20)19(18-9)14-16-11-6-2-3-7-12(11)17-14/h2-3,6-7,10H,4-5,8,15H2,1H3,(H,16,17). The molecular formula is C14H17N5O. The summed E-state index contributed by atoms with van der Waals surface area (Å²) in [5, 5.41) is 5.71. The van der Waals surface area contributed by atoms with E-state index >= 15 is 0 Å². The Morgan fingerprint density at radius 2 is 2.20 bits per heavy atom. The van der Waals surface area contributed by atoms with Crippen LogP contribution in [0.3, 0.4) is 0 Å². The molecule has 0 fully saturated rings. The number of fused-ring (bicyclic) bond motifs is 1. The van der Waals surface area contributed by atoms with Gasteiger partial charge in [-0.15, -0.1) is 0 Å². The van der Waals surface area contributed by atoms with Crippen molar-refractivity contribution in [3.63, 3.8) is 0 Å². The van der Waals surface area contributed by atoms with Crippen LogP contribution in [0.1, 0.15) is 19.8 Å². The molecule has 2 heterocycles. The van der Waals surface area contributed by atoms with E-state index in [4.69, 9.17) is 5.73 Å². The van der Waals surface area contributed by atoms with Crippen molar-refractivity contribution >= 4 is 28.6 Å². The fraction of sp³-hybridized carbons (Fsp3) is 0.357. The lowest BCUT2D eigenvalue weighted by atomic mass is 9.99. The third kappa shape index (κ3) is 2.08. The van der Waals surface area contributed by atoms with Gasteiger partial charge in [0.15, 0.2) is 0 Å². The number of rotatable bonds is 4. The Hall–Kier alpha value is -2.21. The predicted octanol–water partition coefficient (Wildman–Crippen LogP) is 1.64. The highest BCUT2D eigenvalue weighted by Gasteiger charge is 2.35. The number of carbonyl (C=O) groups excluding carboxylic acids is 1. The molecule has 0 spiro atoms. The SMILES string of the molecule is CC1=NN(c2nc3ccccc3[nH]2)C(=O)C1CCCN. The number of H-pyrrole nitrogens is 1. The first-order chi connectivity index (χ1) is 9.70. The van der Waals surface area contributed by atoms with E-state index in [1.807, 2.05) is 31.2 Å². The summed E-state index contributed by atoms with van der Waals surface area (Å²) in [5.41, 5.74) is 8.06. The molecule has 6 nitrogen and oxygen atoms in total. The Labute approximate surface area is 116 Å². The van der Waals surface area contributed by atoms with E-state index < -0.39 is 0 Å². The number of amides is 1. The highest BCUT2D eigenvalue weighted by Crippen LogP contribution is 2.26. The zero-order valence-electron chi connectivity index (χ0n) is 11.3. The van der Waals surface area contributed by atoms with Gasteiger partial charge < -0.3 is 10.7 Å². The zero-order chi connectivity index (χ0) is 14.1. The van der Waals surface area contributed by atoms with Crippen LogP contribution in [0.15, 0.2) is 29.4 Å². The summed E-state index contributed by atoms with van der Waals surface area (Å²) in [7, 11) is 0. The van der Waals surface area contributed by atoms with Gasteiger partial charge in [0.25, 0.3) is 5.91 Å². The van der Waals surface area contributed by atoms with E-state index in [0.717, 1.165) is 29.6 Å². The van der Waals surface area contributed by atoms with Crippen molar-refractivity contribution < 1.29 is 4.79 Å². The Morgan fingerprint density at radius 3 is 2.95 bits per heavy atom. The van der Waals surface area contributed by atoms with Crippen LogP contribution in [0.4, 0.5) is 5.95 Å². The average molecular weight is 271 g/mol. The fourth-order valence-corrected chi connectivity index (χ4v) is 2.45. The van der Waals surface area contributed by atoms with Crippen LogP contribution in [0, 0.1) is 5.92 Å². The molecule has 1 amide bonds. The predicted molar refractivity (Wildman–Crippen MR) is 78.5 cm³/mol. The first kappa shape index (κ1) is 12.8. The summed E-state index contributed by atoms with van der Waals surface area (Å²) < 4.78 is 0. The minimum absolute atomic E-state index is 0.0324. The first-order valence-corrected chi connectivity index (χ1v) is 6.74. The number of nitrogens with zero attached hydrogens (tertiary/aromatic N) is 3. The molecule has 104 valence electrons. The molecule has 3 rings (SSSR count). The molecule has 1 atom stereocenters.